The number of alkyl halides is 3. The minimum Gasteiger partial charge on any atom is -0.489 e. The van der Waals surface area contributed by atoms with E-state index in [9.17, 15) is 18.0 Å². The van der Waals surface area contributed by atoms with Gasteiger partial charge in [-0.05, 0) is 36.1 Å². The van der Waals surface area contributed by atoms with E-state index in [-0.39, 0.29) is 0 Å². The first kappa shape index (κ1) is 20.5. The van der Waals surface area contributed by atoms with Gasteiger partial charge in [0.1, 0.15) is 18.4 Å². The predicted octanol–water partition coefficient (Wildman–Crippen LogP) is 4.23. The summed E-state index contributed by atoms with van der Waals surface area (Å²) >= 11 is 0. The van der Waals surface area contributed by atoms with E-state index in [4.69, 9.17) is 9.47 Å². The predicted molar refractivity (Wildman–Crippen MR) is 104 cm³/mol. The summed E-state index contributed by atoms with van der Waals surface area (Å²) in [5.41, 5.74) is 0.991. The van der Waals surface area contributed by atoms with Gasteiger partial charge in [0.05, 0.1) is 12.1 Å². The van der Waals surface area contributed by atoms with Gasteiger partial charge in [0.25, 0.3) is 0 Å². The Morgan fingerprint density at radius 3 is 2.33 bits per heavy atom. The van der Waals surface area contributed by atoms with Crippen LogP contribution in [0.2, 0.25) is 0 Å². The summed E-state index contributed by atoms with van der Waals surface area (Å²) in [6.07, 6.45) is -3.60. The summed E-state index contributed by atoms with van der Waals surface area (Å²) < 4.78 is 50.8. The molecule has 2 aliphatic heterocycles. The van der Waals surface area contributed by atoms with E-state index in [0.29, 0.717) is 38.4 Å². The summed E-state index contributed by atoms with van der Waals surface area (Å²) in [5, 5.41) is 2.08. The van der Waals surface area contributed by atoms with Gasteiger partial charge in [0.15, 0.2) is 0 Å². The SMILES string of the molecule is O=C1NC(C(F)(F)F)CN1C1(c2ccc(OCc3ccccc3)cc2)CCOCC1. The molecule has 2 amide bonds. The molecule has 1 atom stereocenters. The molecule has 0 spiro atoms. The van der Waals surface area contributed by atoms with Crippen molar-refractivity contribution in [3.63, 3.8) is 0 Å². The number of benzene rings is 2. The lowest BCUT2D eigenvalue weighted by Gasteiger charge is -2.44. The van der Waals surface area contributed by atoms with Crippen LogP contribution in [-0.4, -0.2) is 42.9 Å². The highest BCUT2D eigenvalue weighted by Gasteiger charge is 2.53. The molecular weight excluding hydrogens is 397 g/mol. The van der Waals surface area contributed by atoms with Gasteiger partial charge in [-0.2, -0.15) is 13.2 Å². The highest BCUT2D eigenvalue weighted by Crippen LogP contribution is 2.41. The van der Waals surface area contributed by atoms with Gasteiger partial charge in [0, 0.05) is 13.2 Å². The van der Waals surface area contributed by atoms with Crippen LogP contribution in [0.4, 0.5) is 18.0 Å². The van der Waals surface area contributed by atoms with Crippen LogP contribution in [0.3, 0.4) is 0 Å². The minimum atomic E-state index is -4.48. The van der Waals surface area contributed by atoms with Crippen molar-refractivity contribution in [2.45, 2.75) is 37.2 Å². The molecule has 5 nitrogen and oxygen atoms in total. The lowest BCUT2D eigenvalue weighted by molar-refractivity contribution is -0.151. The molecular formula is C22H23F3N2O3. The van der Waals surface area contributed by atoms with Gasteiger partial charge in [-0.1, -0.05) is 42.5 Å². The minimum absolute atomic E-state index is 0.382. The maximum absolute atomic E-state index is 13.2. The van der Waals surface area contributed by atoms with E-state index in [0.717, 1.165) is 11.1 Å². The number of nitrogens with one attached hydrogen (secondary N) is 1. The fraction of sp³-hybridized carbons (Fsp3) is 0.409. The van der Waals surface area contributed by atoms with E-state index >= 15 is 0 Å². The standard InChI is InChI=1S/C22H23F3N2O3/c23-22(24,25)19-14-27(20(28)26-19)21(10-12-29-13-11-21)17-6-8-18(9-7-17)30-15-16-4-2-1-3-5-16/h1-9,19H,10-15H2,(H,26,28). The van der Waals surface area contributed by atoms with Crippen LogP contribution in [0.15, 0.2) is 54.6 Å². The average molecular weight is 420 g/mol. The summed E-state index contributed by atoms with van der Waals surface area (Å²) in [6, 6.07) is 14.4. The van der Waals surface area contributed by atoms with Crippen molar-refractivity contribution in [2.75, 3.05) is 19.8 Å². The normalized spacial score (nSPS) is 21.4. The molecule has 8 heteroatoms. The van der Waals surface area contributed by atoms with E-state index in [1.165, 1.54) is 4.90 Å². The Balaban J connectivity index is 1.54. The Morgan fingerprint density at radius 1 is 1.07 bits per heavy atom. The number of hydrogen-bond acceptors (Lipinski definition) is 3. The molecule has 0 aromatic heterocycles. The maximum Gasteiger partial charge on any atom is 0.410 e. The van der Waals surface area contributed by atoms with Gasteiger partial charge in [-0.25, -0.2) is 4.79 Å². The van der Waals surface area contributed by atoms with E-state index in [2.05, 4.69) is 5.32 Å². The topological polar surface area (TPSA) is 50.8 Å². The Kier molecular flexibility index (Phi) is 5.60. The van der Waals surface area contributed by atoms with Crippen LogP contribution >= 0.6 is 0 Å². The molecule has 2 aromatic rings. The molecule has 2 fully saturated rings. The number of carbonyl (C=O) groups excluding carboxylic acids is 1. The van der Waals surface area contributed by atoms with Crippen molar-refractivity contribution in [1.82, 2.24) is 10.2 Å². The molecule has 1 unspecified atom stereocenters. The van der Waals surface area contributed by atoms with Crippen LogP contribution in [0.25, 0.3) is 0 Å². The second kappa shape index (κ2) is 8.18. The molecule has 2 heterocycles. The smallest absolute Gasteiger partial charge is 0.410 e. The summed E-state index contributed by atoms with van der Waals surface area (Å²) in [7, 11) is 0. The van der Waals surface area contributed by atoms with Crippen LogP contribution in [-0.2, 0) is 16.9 Å². The van der Waals surface area contributed by atoms with Crippen LogP contribution in [0.1, 0.15) is 24.0 Å². The highest BCUT2D eigenvalue weighted by molar-refractivity contribution is 5.78. The molecule has 30 heavy (non-hydrogen) atoms. The van der Waals surface area contributed by atoms with Crippen molar-refractivity contribution in [3.8, 4) is 5.75 Å². The van der Waals surface area contributed by atoms with Crippen LogP contribution in [0, 0.1) is 0 Å². The zero-order chi connectivity index (χ0) is 21.2. The van der Waals surface area contributed by atoms with Crippen LogP contribution < -0.4 is 10.1 Å². The number of rotatable bonds is 5. The first-order valence-corrected chi connectivity index (χ1v) is 9.88. The molecule has 2 aliphatic rings. The third-order valence-electron chi connectivity index (χ3n) is 5.78. The van der Waals surface area contributed by atoms with Crippen molar-refractivity contribution in [3.05, 3.63) is 65.7 Å². The van der Waals surface area contributed by atoms with Gasteiger partial charge in [0.2, 0.25) is 0 Å². The summed E-state index contributed by atoms with van der Waals surface area (Å²) in [5.74, 6) is 0.656. The second-order valence-electron chi connectivity index (χ2n) is 7.60. The molecule has 2 saturated heterocycles. The lowest BCUT2D eigenvalue weighted by atomic mass is 9.81. The van der Waals surface area contributed by atoms with Crippen molar-refractivity contribution < 1.29 is 27.4 Å². The first-order valence-electron chi connectivity index (χ1n) is 9.88. The van der Waals surface area contributed by atoms with Gasteiger partial charge in [-0.15, -0.1) is 0 Å². The van der Waals surface area contributed by atoms with Gasteiger partial charge < -0.3 is 19.7 Å². The summed E-state index contributed by atoms with van der Waals surface area (Å²) in [6.45, 7) is 0.773. The van der Waals surface area contributed by atoms with Crippen LogP contribution in [0.5, 0.6) is 5.75 Å². The van der Waals surface area contributed by atoms with Crippen molar-refractivity contribution in [1.29, 1.82) is 0 Å². The Labute approximate surface area is 172 Å². The monoisotopic (exact) mass is 420 g/mol. The molecule has 4 rings (SSSR count). The second-order valence-corrected chi connectivity index (χ2v) is 7.60. The number of carbonyl (C=O) groups is 1. The number of nitrogens with zero attached hydrogens (tertiary/aromatic N) is 1. The average Bonchev–Trinajstić information content (AvgIpc) is 3.17. The third-order valence-corrected chi connectivity index (χ3v) is 5.78. The summed E-state index contributed by atoms with van der Waals surface area (Å²) in [4.78, 5) is 13.8. The Bertz CT molecular complexity index is 865. The number of hydrogen-bond donors (Lipinski definition) is 1. The zero-order valence-electron chi connectivity index (χ0n) is 16.3. The van der Waals surface area contributed by atoms with Crippen molar-refractivity contribution >= 4 is 6.03 Å². The van der Waals surface area contributed by atoms with Crippen molar-refractivity contribution in [2.24, 2.45) is 0 Å². The Hall–Kier alpha value is -2.74. The quantitative estimate of drug-likeness (QED) is 0.788. The fourth-order valence-corrected chi connectivity index (χ4v) is 4.12. The van der Waals surface area contributed by atoms with Gasteiger partial charge >= 0.3 is 12.2 Å². The van der Waals surface area contributed by atoms with E-state index < -0.39 is 30.3 Å². The number of amides is 2. The number of urea groups is 1. The molecule has 2 aromatic carbocycles. The zero-order valence-corrected chi connectivity index (χ0v) is 16.3. The number of ether oxygens (including phenoxy) is 2. The highest BCUT2D eigenvalue weighted by atomic mass is 19.4. The maximum atomic E-state index is 13.2. The molecule has 0 bridgehead atoms. The van der Waals surface area contributed by atoms with Gasteiger partial charge in [-0.3, -0.25) is 0 Å². The molecule has 0 aliphatic carbocycles. The van der Waals surface area contributed by atoms with E-state index in [1.54, 1.807) is 12.1 Å². The molecule has 160 valence electrons. The Morgan fingerprint density at radius 2 is 1.73 bits per heavy atom. The van der Waals surface area contributed by atoms with E-state index in [1.807, 2.05) is 42.5 Å². The largest absolute Gasteiger partial charge is 0.489 e. The third kappa shape index (κ3) is 4.09. The first-order chi connectivity index (χ1) is 14.4. The molecule has 1 N–H and O–H groups in total. The fourth-order valence-electron chi connectivity index (χ4n) is 4.12. The number of halogens is 3. The molecule has 0 radical (unpaired) electrons. The lowest BCUT2D eigenvalue weighted by Crippen LogP contribution is -2.51. The molecule has 0 saturated carbocycles.